The molecule has 29 heavy (non-hydrogen) atoms. The van der Waals surface area contributed by atoms with Crippen LogP contribution in [0.2, 0.25) is 0 Å². The molecule has 0 bridgehead atoms. The van der Waals surface area contributed by atoms with Crippen LogP contribution in [0.1, 0.15) is 22.2 Å². The van der Waals surface area contributed by atoms with Gasteiger partial charge in [-0.1, -0.05) is 65.8 Å². The molecule has 0 aliphatic rings. The maximum Gasteiger partial charge on any atom is 0.347 e. The predicted molar refractivity (Wildman–Crippen MR) is 108 cm³/mol. The lowest BCUT2D eigenvalue weighted by atomic mass is 10.0. The summed E-state index contributed by atoms with van der Waals surface area (Å²) in [7, 11) is 0. The fourth-order valence-corrected chi connectivity index (χ4v) is 3.16. The molecule has 1 radical (unpaired) electrons. The zero-order chi connectivity index (χ0) is 20.6. The van der Waals surface area contributed by atoms with Gasteiger partial charge >= 0.3 is 5.97 Å². The minimum atomic E-state index is -1.10. The number of rotatable bonds is 8. The molecule has 8 nitrogen and oxygen atoms in total. The molecule has 1 heterocycles. The molecule has 147 valence electrons. The largest absolute Gasteiger partial charge is 0.450 e. The monoisotopic (exact) mass is 409 g/mol. The number of thiazole rings is 1. The summed E-state index contributed by atoms with van der Waals surface area (Å²) in [5.74, 6) is -1.58. The van der Waals surface area contributed by atoms with Gasteiger partial charge in [-0.15, -0.1) is 11.3 Å². The van der Waals surface area contributed by atoms with E-state index < -0.39 is 24.6 Å². The summed E-state index contributed by atoms with van der Waals surface area (Å²) >= 11 is 1.05. The molecule has 3 aromatic rings. The Morgan fingerprint density at radius 3 is 2.14 bits per heavy atom. The van der Waals surface area contributed by atoms with Crippen molar-refractivity contribution in [2.45, 2.75) is 6.10 Å². The number of hydrogen-bond donors (Lipinski definition) is 1. The van der Waals surface area contributed by atoms with E-state index in [1.807, 2.05) is 60.7 Å². The quantitative estimate of drug-likeness (QED) is 0.346. The van der Waals surface area contributed by atoms with E-state index in [-0.39, 0.29) is 16.5 Å². The Kier molecular flexibility index (Phi) is 6.54. The van der Waals surface area contributed by atoms with Gasteiger partial charge in [0.25, 0.3) is 5.91 Å². The number of hydrogen-bond acceptors (Lipinski definition) is 8. The third-order valence-corrected chi connectivity index (χ3v) is 4.60. The van der Waals surface area contributed by atoms with Crippen LogP contribution in [0.3, 0.4) is 0 Å². The van der Waals surface area contributed by atoms with E-state index in [1.54, 1.807) is 0 Å². The van der Waals surface area contributed by atoms with Crippen LogP contribution in [0.4, 0.5) is 5.82 Å². The molecule has 0 fully saturated rings. The van der Waals surface area contributed by atoms with E-state index in [0.29, 0.717) is 0 Å². The van der Waals surface area contributed by atoms with Gasteiger partial charge in [-0.3, -0.25) is 10.5 Å². The smallest absolute Gasteiger partial charge is 0.347 e. The predicted octanol–water partition coefficient (Wildman–Crippen LogP) is 2.59. The normalized spacial score (nSPS) is 11.3. The summed E-state index contributed by atoms with van der Waals surface area (Å²) in [6, 6.07) is 18.6. The number of anilines is 1. The molecular weight excluding hydrogens is 392 g/mol. The van der Waals surface area contributed by atoms with Gasteiger partial charge in [0.15, 0.2) is 11.1 Å². The summed E-state index contributed by atoms with van der Waals surface area (Å²) in [6.45, 7) is -0.534. The van der Waals surface area contributed by atoms with Crippen molar-refractivity contribution < 1.29 is 19.2 Å². The van der Waals surface area contributed by atoms with Crippen molar-refractivity contribution in [2.75, 3.05) is 12.3 Å². The second-order valence-electron chi connectivity index (χ2n) is 5.81. The van der Waals surface area contributed by atoms with Crippen molar-refractivity contribution in [1.29, 1.82) is 0 Å². The molecule has 0 spiro atoms. The molecule has 0 atom stereocenters. The third kappa shape index (κ3) is 5.39. The number of aromatic nitrogens is 1. The lowest BCUT2D eigenvalue weighted by Gasteiger charge is -2.18. The number of ether oxygens (including phenoxy) is 1. The van der Waals surface area contributed by atoms with Crippen LogP contribution in [0.25, 0.3) is 0 Å². The van der Waals surface area contributed by atoms with E-state index >= 15 is 0 Å². The molecule has 3 rings (SSSR count). The van der Waals surface area contributed by atoms with E-state index in [9.17, 15) is 9.59 Å². The maximum atomic E-state index is 12.3. The molecule has 0 unspecified atom stereocenters. The molecule has 2 aromatic carbocycles. The SMILES string of the molecule is [NH]C(=O)C(=NOCC(=O)OC(c1ccccc1)c1ccccc1)c1nc(N)cs1. The number of amides is 1. The summed E-state index contributed by atoms with van der Waals surface area (Å²) in [6.07, 6.45) is -0.617. The van der Waals surface area contributed by atoms with Gasteiger partial charge in [0.1, 0.15) is 5.82 Å². The first kappa shape index (κ1) is 20.0. The molecule has 0 aliphatic heterocycles. The topological polar surface area (TPSA) is 128 Å². The van der Waals surface area contributed by atoms with E-state index in [0.717, 1.165) is 22.5 Å². The average molecular weight is 409 g/mol. The highest BCUT2D eigenvalue weighted by molar-refractivity contribution is 7.13. The van der Waals surface area contributed by atoms with Crippen LogP contribution < -0.4 is 11.5 Å². The highest BCUT2D eigenvalue weighted by Gasteiger charge is 2.20. The fourth-order valence-electron chi connectivity index (χ4n) is 2.47. The number of nitrogens with two attached hydrogens (primary N) is 1. The molecule has 0 saturated carbocycles. The van der Waals surface area contributed by atoms with Crippen LogP contribution in [0, 0.1) is 0 Å². The molecule has 3 N–H and O–H groups in total. The van der Waals surface area contributed by atoms with Crippen LogP contribution in [-0.4, -0.2) is 29.2 Å². The summed E-state index contributed by atoms with van der Waals surface area (Å²) in [5.41, 5.74) is 14.1. The lowest BCUT2D eigenvalue weighted by Crippen LogP contribution is -2.19. The number of benzene rings is 2. The Labute approximate surface area is 170 Å². The third-order valence-electron chi connectivity index (χ3n) is 3.73. The number of carbonyl (C=O) groups is 2. The van der Waals surface area contributed by atoms with Crippen molar-refractivity contribution in [2.24, 2.45) is 5.16 Å². The number of esters is 1. The maximum absolute atomic E-state index is 12.3. The zero-order valence-electron chi connectivity index (χ0n) is 15.1. The van der Waals surface area contributed by atoms with Crippen LogP contribution in [-0.2, 0) is 19.2 Å². The minimum Gasteiger partial charge on any atom is -0.450 e. The lowest BCUT2D eigenvalue weighted by molar-refractivity contribution is -0.153. The number of nitrogens with one attached hydrogen (secondary N) is 1. The van der Waals surface area contributed by atoms with Gasteiger partial charge < -0.3 is 15.3 Å². The van der Waals surface area contributed by atoms with E-state index in [1.165, 1.54) is 5.38 Å². The molecular formula is C20H17N4O4S. The van der Waals surface area contributed by atoms with Crippen LogP contribution >= 0.6 is 11.3 Å². The molecule has 9 heteroatoms. The first-order chi connectivity index (χ1) is 14.0. The Hall–Kier alpha value is -3.72. The van der Waals surface area contributed by atoms with Crippen molar-refractivity contribution in [3.05, 3.63) is 82.2 Å². The van der Waals surface area contributed by atoms with Gasteiger partial charge in [0.05, 0.1) is 0 Å². The Morgan fingerprint density at radius 2 is 1.66 bits per heavy atom. The van der Waals surface area contributed by atoms with Gasteiger partial charge in [0.2, 0.25) is 12.3 Å². The second-order valence-corrected chi connectivity index (χ2v) is 6.67. The van der Waals surface area contributed by atoms with Gasteiger partial charge in [-0.25, -0.2) is 9.78 Å². The first-order valence-corrected chi connectivity index (χ1v) is 9.39. The minimum absolute atomic E-state index is 0.141. The molecule has 1 aromatic heterocycles. The van der Waals surface area contributed by atoms with Crippen molar-refractivity contribution in [3.63, 3.8) is 0 Å². The summed E-state index contributed by atoms with van der Waals surface area (Å²) in [5, 5.41) is 5.22. The van der Waals surface area contributed by atoms with Crippen LogP contribution in [0.5, 0.6) is 0 Å². The Bertz CT molecular complexity index is 966. The standard InChI is InChI=1S/C20H17N4O4S/c21-15-12-29-20(23-15)17(19(22)26)24-27-11-16(25)28-18(13-7-3-1-4-8-13)14-9-5-2-6-10-14/h1-10,12,18,22H,11,21H2. The second kappa shape index (κ2) is 9.47. The number of nitrogen functional groups attached to an aromatic ring is 1. The fraction of sp³-hybridized carbons (Fsp3) is 0.100. The Morgan fingerprint density at radius 1 is 1.07 bits per heavy atom. The summed E-state index contributed by atoms with van der Waals surface area (Å²) < 4.78 is 5.58. The van der Waals surface area contributed by atoms with Crippen molar-refractivity contribution in [3.8, 4) is 0 Å². The Balaban J connectivity index is 1.70. The zero-order valence-corrected chi connectivity index (χ0v) is 16.0. The van der Waals surface area contributed by atoms with Crippen LogP contribution in [0.15, 0.2) is 71.2 Å². The number of nitrogens with zero attached hydrogens (tertiary/aromatic N) is 2. The van der Waals surface area contributed by atoms with Gasteiger partial charge in [0, 0.05) is 5.38 Å². The van der Waals surface area contributed by atoms with E-state index in [2.05, 4.69) is 10.1 Å². The molecule has 1 amide bonds. The van der Waals surface area contributed by atoms with Gasteiger partial charge in [-0.2, -0.15) is 0 Å². The van der Waals surface area contributed by atoms with Crippen molar-refractivity contribution in [1.82, 2.24) is 10.7 Å². The molecule has 0 aliphatic carbocycles. The van der Waals surface area contributed by atoms with E-state index in [4.69, 9.17) is 21.0 Å². The number of oxime groups is 1. The number of carbonyl (C=O) groups excluding carboxylic acids is 2. The van der Waals surface area contributed by atoms with Gasteiger partial charge in [-0.05, 0) is 11.1 Å². The van der Waals surface area contributed by atoms with Crippen molar-refractivity contribution >= 4 is 34.7 Å². The summed E-state index contributed by atoms with van der Waals surface area (Å²) in [4.78, 5) is 32.6. The average Bonchev–Trinajstić information content (AvgIpc) is 3.16. The highest BCUT2D eigenvalue weighted by Crippen LogP contribution is 2.26. The first-order valence-electron chi connectivity index (χ1n) is 8.51. The molecule has 0 saturated heterocycles. The highest BCUT2D eigenvalue weighted by atomic mass is 32.1.